The van der Waals surface area contributed by atoms with Crippen molar-refractivity contribution in [1.82, 2.24) is 15.0 Å². The Bertz CT molecular complexity index is 3240. The predicted molar refractivity (Wildman–Crippen MR) is 224 cm³/mol. The third-order valence-electron chi connectivity index (χ3n) is 10.5. The van der Waals surface area contributed by atoms with E-state index >= 15 is 0 Å². The quantitative estimate of drug-likeness (QED) is 0.172. The molecule has 0 fully saturated rings. The minimum atomic E-state index is 0.648. The van der Waals surface area contributed by atoms with Crippen molar-refractivity contribution in [2.24, 2.45) is 0 Å². The smallest absolute Gasteiger partial charge is 0.164 e. The van der Waals surface area contributed by atoms with Gasteiger partial charge >= 0.3 is 0 Å². The standard InChI is InChI=1S/C49H29N3S/c1-2-12-31(13-3-1)47-50-48(52-49(51-47)35-23-26-45-43(29-35)39-19-8-9-20-44(39)53-45)34-15-10-14-32(27-34)33-22-25-41-42(28-33)38-18-7-6-17-37(38)40-24-21-30-11-4-5-16-36(30)46(40)41/h1-29H. The number of hydrogen-bond donors (Lipinski definition) is 0. The fourth-order valence-corrected chi connectivity index (χ4v) is 9.04. The zero-order chi connectivity index (χ0) is 34.9. The lowest BCUT2D eigenvalue weighted by molar-refractivity contribution is 1.07. The molecule has 0 spiro atoms. The van der Waals surface area contributed by atoms with Crippen molar-refractivity contribution >= 4 is 74.6 Å². The Morgan fingerprint density at radius 3 is 1.64 bits per heavy atom. The fourth-order valence-electron chi connectivity index (χ4n) is 7.96. The maximum Gasteiger partial charge on any atom is 0.164 e. The number of aromatic nitrogens is 3. The summed E-state index contributed by atoms with van der Waals surface area (Å²) in [6, 6.07) is 62.8. The van der Waals surface area contributed by atoms with E-state index < -0.39 is 0 Å². The second kappa shape index (κ2) is 11.9. The molecule has 0 radical (unpaired) electrons. The van der Waals surface area contributed by atoms with E-state index in [-0.39, 0.29) is 0 Å². The summed E-state index contributed by atoms with van der Waals surface area (Å²) in [5, 5.41) is 12.6. The number of benzene rings is 9. The van der Waals surface area contributed by atoms with Gasteiger partial charge in [-0.3, -0.25) is 0 Å². The fraction of sp³-hybridized carbons (Fsp3) is 0. The van der Waals surface area contributed by atoms with Gasteiger partial charge in [0.25, 0.3) is 0 Å². The monoisotopic (exact) mass is 691 g/mol. The molecule has 4 heteroatoms. The van der Waals surface area contributed by atoms with Gasteiger partial charge in [-0.2, -0.15) is 0 Å². The van der Waals surface area contributed by atoms with Gasteiger partial charge in [0.1, 0.15) is 0 Å². The number of hydrogen-bond acceptors (Lipinski definition) is 4. The second-order valence-electron chi connectivity index (χ2n) is 13.6. The van der Waals surface area contributed by atoms with Gasteiger partial charge < -0.3 is 0 Å². The molecule has 11 aromatic rings. The highest BCUT2D eigenvalue weighted by Gasteiger charge is 2.16. The average molecular weight is 692 g/mol. The molecule has 2 aromatic heterocycles. The van der Waals surface area contributed by atoms with Gasteiger partial charge in [0.15, 0.2) is 17.5 Å². The van der Waals surface area contributed by atoms with Crippen LogP contribution in [0.4, 0.5) is 0 Å². The Morgan fingerprint density at radius 1 is 0.283 bits per heavy atom. The molecule has 0 atom stereocenters. The van der Waals surface area contributed by atoms with Gasteiger partial charge in [0, 0.05) is 36.9 Å². The van der Waals surface area contributed by atoms with E-state index in [4.69, 9.17) is 15.0 Å². The van der Waals surface area contributed by atoms with Crippen molar-refractivity contribution in [2.75, 3.05) is 0 Å². The summed E-state index contributed by atoms with van der Waals surface area (Å²) in [4.78, 5) is 15.3. The molecule has 0 bridgehead atoms. The third-order valence-corrected chi connectivity index (χ3v) is 11.6. The van der Waals surface area contributed by atoms with Gasteiger partial charge in [0.2, 0.25) is 0 Å². The summed E-state index contributed by atoms with van der Waals surface area (Å²) in [7, 11) is 0. The highest BCUT2D eigenvalue weighted by molar-refractivity contribution is 7.25. The molecule has 2 heterocycles. The number of rotatable bonds is 4. The topological polar surface area (TPSA) is 38.7 Å². The van der Waals surface area contributed by atoms with E-state index in [1.54, 1.807) is 0 Å². The summed E-state index contributed by atoms with van der Waals surface area (Å²) in [5.74, 6) is 1.96. The molecular formula is C49H29N3S. The lowest BCUT2D eigenvalue weighted by Gasteiger charge is -2.14. The van der Waals surface area contributed by atoms with Crippen molar-refractivity contribution in [3.8, 4) is 45.3 Å². The molecular weight excluding hydrogens is 663 g/mol. The first kappa shape index (κ1) is 29.9. The van der Waals surface area contributed by atoms with Crippen LogP contribution in [0.15, 0.2) is 176 Å². The Labute approximate surface area is 309 Å². The highest BCUT2D eigenvalue weighted by atomic mass is 32.1. The summed E-state index contributed by atoms with van der Waals surface area (Å²) in [6.07, 6.45) is 0. The van der Waals surface area contributed by atoms with Crippen molar-refractivity contribution in [2.45, 2.75) is 0 Å². The van der Waals surface area contributed by atoms with E-state index in [0.717, 1.165) is 27.8 Å². The minimum absolute atomic E-state index is 0.648. The van der Waals surface area contributed by atoms with Gasteiger partial charge in [-0.25, -0.2) is 15.0 Å². The van der Waals surface area contributed by atoms with Crippen LogP contribution in [0.5, 0.6) is 0 Å². The molecule has 0 N–H and O–H groups in total. The van der Waals surface area contributed by atoms with Crippen LogP contribution in [0, 0.1) is 0 Å². The van der Waals surface area contributed by atoms with Gasteiger partial charge in [-0.05, 0) is 90.6 Å². The molecule has 246 valence electrons. The minimum Gasteiger partial charge on any atom is -0.208 e. The van der Waals surface area contributed by atoms with Crippen LogP contribution >= 0.6 is 11.3 Å². The molecule has 0 aliphatic heterocycles. The molecule has 0 aliphatic rings. The first-order chi connectivity index (χ1) is 26.2. The summed E-state index contributed by atoms with van der Waals surface area (Å²) < 4.78 is 2.53. The van der Waals surface area contributed by atoms with E-state index in [0.29, 0.717) is 17.5 Å². The molecule has 0 saturated heterocycles. The predicted octanol–water partition coefficient (Wildman–Crippen LogP) is 13.5. The number of fused-ring (bicyclic) bond motifs is 11. The van der Waals surface area contributed by atoms with Crippen LogP contribution < -0.4 is 0 Å². The van der Waals surface area contributed by atoms with E-state index in [2.05, 4.69) is 158 Å². The third kappa shape index (κ3) is 4.91. The Balaban J connectivity index is 1.08. The van der Waals surface area contributed by atoms with Crippen molar-refractivity contribution in [3.63, 3.8) is 0 Å². The van der Waals surface area contributed by atoms with Crippen LogP contribution in [0.2, 0.25) is 0 Å². The van der Waals surface area contributed by atoms with Crippen LogP contribution in [0.25, 0.3) is 109 Å². The van der Waals surface area contributed by atoms with Gasteiger partial charge in [-0.1, -0.05) is 140 Å². The average Bonchev–Trinajstić information content (AvgIpc) is 3.61. The first-order valence-electron chi connectivity index (χ1n) is 17.9. The highest BCUT2D eigenvalue weighted by Crippen LogP contribution is 2.41. The van der Waals surface area contributed by atoms with Crippen LogP contribution in [0.1, 0.15) is 0 Å². The normalized spacial score (nSPS) is 11.8. The molecule has 11 rings (SSSR count). The van der Waals surface area contributed by atoms with E-state index in [9.17, 15) is 0 Å². The summed E-state index contributed by atoms with van der Waals surface area (Å²) >= 11 is 1.81. The van der Waals surface area contributed by atoms with E-state index in [1.807, 2.05) is 29.5 Å². The maximum atomic E-state index is 5.14. The molecule has 0 unspecified atom stereocenters. The van der Waals surface area contributed by atoms with Gasteiger partial charge in [0.05, 0.1) is 0 Å². The SMILES string of the molecule is c1ccc(-c2nc(-c3cccc(-c4ccc5c(c4)c4ccccc4c4ccc6ccccc6c45)c3)nc(-c3ccc4sc5ccccc5c4c3)n2)cc1. The Hall–Kier alpha value is -6.75. The largest absolute Gasteiger partial charge is 0.208 e. The Kier molecular flexibility index (Phi) is 6.73. The van der Waals surface area contributed by atoms with E-state index in [1.165, 1.54) is 63.3 Å². The number of nitrogens with zero attached hydrogens (tertiary/aromatic N) is 3. The first-order valence-corrected chi connectivity index (χ1v) is 18.7. The molecule has 9 aromatic carbocycles. The van der Waals surface area contributed by atoms with Crippen LogP contribution in [0.3, 0.4) is 0 Å². The molecule has 3 nitrogen and oxygen atoms in total. The lowest BCUT2D eigenvalue weighted by atomic mass is 9.89. The molecule has 0 aliphatic carbocycles. The molecule has 53 heavy (non-hydrogen) atoms. The van der Waals surface area contributed by atoms with Crippen molar-refractivity contribution < 1.29 is 0 Å². The maximum absolute atomic E-state index is 5.14. The zero-order valence-electron chi connectivity index (χ0n) is 28.5. The number of thiophene rings is 1. The van der Waals surface area contributed by atoms with Crippen molar-refractivity contribution in [3.05, 3.63) is 176 Å². The summed E-state index contributed by atoms with van der Waals surface area (Å²) in [5.41, 5.74) is 5.13. The van der Waals surface area contributed by atoms with Crippen LogP contribution in [-0.4, -0.2) is 15.0 Å². The van der Waals surface area contributed by atoms with Crippen LogP contribution in [-0.2, 0) is 0 Å². The van der Waals surface area contributed by atoms with Gasteiger partial charge in [-0.15, -0.1) is 11.3 Å². The van der Waals surface area contributed by atoms with Crippen molar-refractivity contribution in [1.29, 1.82) is 0 Å². The second-order valence-corrected chi connectivity index (χ2v) is 14.7. The Morgan fingerprint density at radius 2 is 0.811 bits per heavy atom. The summed E-state index contributed by atoms with van der Waals surface area (Å²) in [6.45, 7) is 0. The molecule has 0 amide bonds. The molecule has 0 saturated carbocycles. The lowest BCUT2D eigenvalue weighted by Crippen LogP contribution is -2.00. The zero-order valence-corrected chi connectivity index (χ0v) is 29.3.